The van der Waals surface area contributed by atoms with Crippen molar-refractivity contribution in [3.05, 3.63) is 65.4 Å². The average molecular weight is 443 g/mol. The van der Waals surface area contributed by atoms with E-state index in [4.69, 9.17) is 14.2 Å². The Balaban J connectivity index is 1.72. The van der Waals surface area contributed by atoms with Crippen molar-refractivity contribution in [2.45, 2.75) is 25.8 Å². The lowest BCUT2D eigenvalue weighted by Gasteiger charge is -2.29. The SMILES string of the molecule is CC1(C)OC(=O)C(=CNc2ccc(Oc3c(F)cc(C(F)(F)F)cc3F)cc2)C(=O)O1. The highest BCUT2D eigenvalue weighted by molar-refractivity contribution is 6.15. The highest BCUT2D eigenvalue weighted by Gasteiger charge is 2.39. The van der Waals surface area contributed by atoms with Crippen molar-refractivity contribution in [3.8, 4) is 11.5 Å². The Morgan fingerprint density at radius 3 is 1.97 bits per heavy atom. The molecule has 6 nitrogen and oxygen atoms in total. The fourth-order valence-corrected chi connectivity index (χ4v) is 2.49. The highest BCUT2D eigenvalue weighted by atomic mass is 19.4. The zero-order chi connectivity index (χ0) is 23.0. The highest BCUT2D eigenvalue weighted by Crippen LogP contribution is 2.35. The second-order valence-corrected chi connectivity index (χ2v) is 6.77. The Labute approximate surface area is 172 Å². The van der Waals surface area contributed by atoms with Gasteiger partial charge in [0.25, 0.3) is 5.79 Å². The van der Waals surface area contributed by atoms with Gasteiger partial charge in [0.1, 0.15) is 5.75 Å². The molecule has 0 amide bonds. The number of ether oxygens (including phenoxy) is 3. The first-order chi connectivity index (χ1) is 14.4. The van der Waals surface area contributed by atoms with Crippen LogP contribution in [0.15, 0.2) is 48.2 Å². The Bertz CT molecular complexity index is 1020. The molecule has 1 N–H and O–H groups in total. The second-order valence-electron chi connectivity index (χ2n) is 6.77. The van der Waals surface area contributed by atoms with Crippen molar-refractivity contribution < 1.29 is 45.8 Å². The van der Waals surface area contributed by atoms with Crippen molar-refractivity contribution in [3.63, 3.8) is 0 Å². The molecule has 0 aliphatic carbocycles. The maximum Gasteiger partial charge on any atom is 0.416 e. The summed E-state index contributed by atoms with van der Waals surface area (Å²) in [6, 6.07) is 5.52. The van der Waals surface area contributed by atoms with Gasteiger partial charge in [-0.15, -0.1) is 0 Å². The van der Waals surface area contributed by atoms with Crippen molar-refractivity contribution in [1.29, 1.82) is 0 Å². The normalized spacial score (nSPS) is 15.8. The first kappa shape index (κ1) is 22.1. The van der Waals surface area contributed by atoms with Crippen LogP contribution in [0.5, 0.6) is 11.5 Å². The number of anilines is 1. The van der Waals surface area contributed by atoms with Gasteiger partial charge in [-0.1, -0.05) is 0 Å². The molecule has 11 heteroatoms. The Hall–Kier alpha value is -3.63. The molecule has 0 radical (unpaired) electrons. The standard InChI is InChI=1S/C20H14F5NO5/c1-19(2)30-17(27)13(18(28)31-19)9-26-11-3-5-12(6-4-11)29-16-14(21)7-10(8-15(16)22)20(23,24)25/h3-9,26H,1-2H3. The molecule has 0 bridgehead atoms. The summed E-state index contributed by atoms with van der Waals surface area (Å²) in [5, 5.41) is 2.65. The third kappa shape index (κ3) is 5.11. The molecular formula is C20H14F5NO5. The van der Waals surface area contributed by atoms with Gasteiger partial charge in [0.15, 0.2) is 23.0 Å². The van der Waals surface area contributed by atoms with Gasteiger partial charge in [0.05, 0.1) is 5.56 Å². The lowest BCUT2D eigenvalue weighted by molar-refractivity contribution is -0.222. The number of cyclic esters (lactones) is 2. The summed E-state index contributed by atoms with van der Waals surface area (Å²) in [6.07, 6.45) is -3.85. The molecule has 2 aromatic carbocycles. The minimum absolute atomic E-state index is 0.0750. The molecule has 1 heterocycles. The summed E-state index contributed by atoms with van der Waals surface area (Å²) in [4.78, 5) is 23.7. The van der Waals surface area contributed by atoms with Gasteiger partial charge < -0.3 is 19.5 Å². The molecule has 2 aromatic rings. The summed E-state index contributed by atoms with van der Waals surface area (Å²) < 4.78 is 80.4. The lowest BCUT2D eigenvalue weighted by atomic mass is 10.2. The number of rotatable bonds is 4. The number of esters is 2. The molecule has 1 aliphatic heterocycles. The van der Waals surface area contributed by atoms with Crippen LogP contribution in [0.2, 0.25) is 0 Å². The smallest absolute Gasteiger partial charge is 0.416 e. The molecule has 3 rings (SSSR count). The largest absolute Gasteiger partial charge is 0.451 e. The number of carbonyl (C=O) groups excluding carboxylic acids is 2. The molecule has 0 atom stereocenters. The van der Waals surface area contributed by atoms with Crippen molar-refractivity contribution in [2.75, 3.05) is 5.32 Å². The zero-order valence-electron chi connectivity index (χ0n) is 16.0. The molecule has 1 saturated heterocycles. The van der Waals surface area contributed by atoms with Crippen LogP contribution in [0.25, 0.3) is 0 Å². The van der Waals surface area contributed by atoms with Crippen LogP contribution in [0, 0.1) is 11.6 Å². The summed E-state index contributed by atoms with van der Waals surface area (Å²) in [5.74, 6) is -7.26. The zero-order valence-corrected chi connectivity index (χ0v) is 16.0. The number of hydrogen-bond acceptors (Lipinski definition) is 6. The van der Waals surface area contributed by atoms with Gasteiger partial charge in [-0.3, -0.25) is 0 Å². The van der Waals surface area contributed by atoms with Gasteiger partial charge in [0, 0.05) is 25.7 Å². The van der Waals surface area contributed by atoms with Gasteiger partial charge in [-0.2, -0.15) is 13.2 Å². The number of alkyl halides is 3. The average Bonchev–Trinajstić information content (AvgIpc) is 2.63. The molecule has 0 spiro atoms. The minimum atomic E-state index is -4.91. The monoisotopic (exact) mass is 443 g/mol. The minimum Gasteiger partial charge on any atom is -0.451 e. The number of halogens is 5. The van der Waals surface area contributed by atoms with E-state index in [1.165, 1.54) is 38.1 Å². The lowest BCUT2D eigenvalue weighted by Crippen LogP contribution is -2.42. The van der Waals surface area contributed by atoms with Crippen LogP contribution in [-0.2, 0) is 25.2 Å². The molecule has 0 unspecified atom stereocenters. The van der Waals surface area contributed by atoms with E-state index in [1.54, 1.807) is 0 Å². The predicted molar refractivity (Wildman–Crippen MR) is 95.8 cm³/mol. The van der Waals surface area contributed by atoms with E-state index >= 15 is 0 Å². The molecule has 0 saturated carbocycles. The topological polar surface area (TPSA) is 73.9 Å². The summed E-state index contributed by atoms with van der Waals surface area (Å²) in [5.41, 5.74) is -1.52. The molecule has 31 heavy (non-hydrogen) atoms. The Kier molecular flexibility index (Phi) is 5.62. The molecule has 0 aromatic heterocycles. The van der Waals surface area contributed by atoms with Crippen LogP contribution in [0.1, 0.15) is 19.4 Å². The number of carbonyl (C=O) groups is 2. The number of nitrogens with one attached hydrogen (secondary N) is 1. The van der Waals surface area contributed by atoms with Crippen molar-refractivity contribution >= 4 is 17.6 Å². The van der Waals surface area contributed by atoms with Gasteiger partial charge in [-0.25, -0.2) is 18.4 Å². The van der Waals surface area contributed by atoms with E-state index in [-0.39, 0.29) is 23.5 Å². The van der Waals surface area contributed by atoms with Crippen molar-refractivity contribution in [2.24, 2.45) is 0 Å². The predicted octanol–water partition coefficient (Wildman–Crippen LogP) is 4.91. The summed E-state index contributed by atoms with van der Waals surface area (Å²) >= 11 is 0. The first-order valence-electron chi connectivity index (χ1n) is 8.63. The van der Waals surface area contributed by atoms with Crippen LogP contribution in [0.3, 0.4) is 0 Å². The van der Waals surface area contributed by atoms with Crippen LogP contribution < -0.4 is 10.1 Å². The van der Waals surface area contributed by atoms with E-state index in [0.717, 1.165) is 6.20 Å². The molecule has 1 fully saturated rings. The maximum absolute atomic E-state index is 13.9. The summed E-state index contributed by atoms with van der Waals surface area (Å²) in [7, 11) is 0. The fourth-order valence-electron chi connectivity index (χ4n) is 2.49. The van der Waals surface area contributed by atoms with Gasteiger partial charge >= 0.3 is 18.1 Å². The fraction of sp³-hybridized carbons (Fsp3) is 0.200. The van der Waals surface area contributed by atoms with Crippen LogP contribution in [-0.4, -0.2) is 17.7 Å². The number of hydrogen-bond donors (Lipinski definition) is 1. The maximum atomic E-state index is 13.9. The van der Waals surface area contributed by atoms with E-state index in [2.05, 4.69) is 5.32 Å². The van der Waals surface area contributed by atoms with Crippen LogP contribution in [0.4, 0.5) is 27.6 Å². The van der Waals surface area contributed by atoms with E-state index < -0.39 is 46.8 Å². The van der Waals surface area contributed by atoms with Crippen LogP contribution >= 0.6 is 0 Å². The first-order valence-corrected chi connectivity index (χ1v) is 8.63. The number of benzene rings is 2. The third-order valence-corrected chi connectivity index (χ3v) is 3.90. The Morgan fingerprint density at radius 2 is 1.48 bits per heavy atom. The van der Waals surface area contributed by atoms with Crippen molar-refractivity contribution in [1.82, 2.24) is 0 Å². The molecular weight excluding hydrogens is 429 g/mol. The van der Waals surface area contributed by atoms with Gasteiger partial charge in [0.2, 0.25) is 0 Å². The van der Waals surface area contributed by atoms with E-state index in [9.17, 15) is 31.5 Å². The van der Waals surface area contributed by atoms with E-state index in [0.29, 0.717) is 5.69 Å². The Morgan fingerprint density at radius 1 is 0.968 bits per heavy atom. The summed E-state index contributed by atoms with van der Waals surface area (Å²) in [6.45, 7) is 2.79. The quantitative estimate of drug-likeness (QED) is 0.313. The van der Waals surface area contributed by atoms with Gasteiger partial charge in [-0.05, 0) is 36.4 Å². The van der Waals surface area contributed by atoms with E-state index in [1.807, 2.05) is 0 Å². The second kappa shape index (κ2) is 7.89. The third-order valence-electron chi connectivity index (χ3n) is 3.90. The molecule has 1 aliphatic rings. The molecule has 164 valence electrons.